The molecule has 2 atom stereocenters. The van der Waals surface area contributed by atoms with Gasteiger partial charge in [0.05, 0.1) is 0 Å². The van der Waals surface area contributed by atoms with Crippen molar-refractivity contribution in [3.63, 3.8) is 0 Å². The van der Waals surface area contributed by atoms with E-state index in [0.29, 0.717) is 0 Å². The summed E-state index contributed by atoms with van der Waals surface area (Å²) in [5.41, 5.74) is 1.27. The Hall–Kier alpha value is -2.37. The summed E-state index contributed by atoms with van der Waals surface area (Å²) in [6.07, 6.45) is 0.275. The van der Waals surface area contributed by atoms with Crippen molar-refractivity contribution in [1.29, 1.82) is 0 Å². The second kappa shape index (κ2) is 6.63. The van der Waals surface area contributed by atoms with E-state index in [0.717, 1.165) is 11.1 Å². The molecular formula is C18H24N2O4. The number of nitrogens with one attached hydrogen (secondary N) is 1. The van der Waals surface area contributed by atoms with Gasteiger partial charge in [0.2, 0.25) is 11.8 Å². The van der Waals surface area contributed by atoms with E-state index in [1.807, 2.05) is 24.3 Å². The van der Waals surface area contributed by atoms with Gasteiger partial charge in [0.15, 0.2) is 0 Å². The molecule has 2 unspecified atom stereocenters. The molecule has 0 radical (unpaired) electrons. The largest absolute Gasteiger partial charge is 0.480 e. The zero-order chi connectivity index (χ0) is 18.1. The number of hydrogen-bond donors (Lipinski definition) is 2. The average Bonchev–Trinajstić information content (AvgIpc) is 2.51. The van der Waals surface area contributed by atoms with Crippen LogP contribution in [0, 0.1) is 5.41 Å². The van der Waals surface area contributed by atoms with Crippen LogP contribution < -0.4 is 5.32 Å². The molecule has 2 rings (SSSR count). The number of carboxylic acid groups (broad SMARTS) is 1. The Morgan fingerprint density at radius 3 is 2.33 bits per heavy atom. The lowest BCUT2D eigenvalue weighted by molar-refractivity contribution is -0.152. The van der Waals surface area contributed by atoms with Gasteiger partial charge in [-0.1, -0.05) is 45.0 Å². The number of fused-ring (bicyclic) bond motifs is 1. The van der Waals surface area contributed by atoms with Gasteiger partial charge in [-0.05, 0) is 18.1 Å². The minimum Gasteiger partial charge on any atom is -0.480 e. The highest BCUT2D eigenvalue weighted by atomic mass is 16.4. The zero-order valence-electron chi connectivity index (χ0n) is 14.5. The Morgan fingerprint density at radius 2 is 1.79 bits per heavy atom. The number of carbonyl (C=O) groups is 3. The molecule has 0 saturated heterocycles. The number of carboxylic acids is 1. The van der Waals surface area contributed by atoms with Crippen LogP contribution in [0.3, 0.4) is 0 Å². The average molecular weight is 332 g/mol. The van der Waals surface area contributed by atoms with E-state index >= 15 is 0 Å². The Balaban J connectivity index is 2.20. The van der Waals surface area contributed by atoms with Gasteiger partial charge in [-0.2, -0.15) is 0 Å². The highest BCUT2D eigenvalue weighted by Gasteiger charge is 2.37. The molecule has 6 heteroatoms. The van der Waals surface area contributed by atoms with E-state index in [9.17, 15) is 19.5 Å². The third kappa shape index (κ3) is 3.75. The molecule has 1 aromatic carbocycles. The number of amides is 2. The fourth-order valence-electron chi connectivity index (χ4n) is 2.70. The summed E-state index contributed by atoms with van der Waals surface area (Å²) in [5, 5.41) is 12.2. The number of hydrogen-bond acceptors (Lipinski definition) is 3. The number of aliphatic carboxylic acids is 1. The first-order valence-electron chi connectivity index (χ1n) is 8.02. The summed E-state index contributed by atoms with van der Waals surface area (Å²) < 4.78 is 0. The fraction of sp³-hybridized carbons (Fsp3) is 0.500. The first-order valence-corrected chi connectivity index (χ1v) is 8.02. The van der Waals surface area contributed by atoms with Crippen molar-refractivity contribution in [2.75, 3.05) is 0 Å². The molecule has 0 spiro atoms. The molecule has 24 heavy (non-hydrogen) atoms. The molecule has 1 aliphatic rings. The third-order valence-electron chi connectivity index (χ3n) is 4.22. The van der Waals surface area contributed by atoms with Crippen molar-refractivity contribution in [3.05, 3.63) is 35.4 Å². The molecule has 0 saturated carbocycles. The number of nitrogens with zero attached hydrogens (tertiary/aromatic N) is 1. The van der Waals surface area contributed by atoms with Gasteiger partial charge in [-0.25, -0.2) is 4.79 Å². The molecule has 2 N–H and O–H groups in total. The van der Waals surface area contributed by atoms with Crippen molar-refractivity contribution in [2.24, 2.45) is 5.41 Å². The van der Waals surface area contributed by atoms with Crippen molar-refractivity contribution >= 4 is 17.8 Å². The van der Waals surface area contributed by atoms with E-state index in [-0.39, 0.29) is 24.8 Å². The summed E-state index contributed by atoms with van der Waals surface area (Å²) in [6.45, 7) is 7.11. The van der Waals surface area contributed by atoms with Crippen LogP contribution in [0.1, 0.15) is 38.8 Å². The lowest BCUT2D eigenvalue weighted by atomic mass is 9.93. The van der Waals surface area contributed by atoms with Crippen LogP contribution in [0.25, 0.3) is 0 Å². The Morgan fingerprint density at radius 1 is 1.21 bits per heavy atom. The van der Waals surface area contributed by atoms with Gasteiger partial charge in [0.25, 0.3) is 0 Å². The molecule has 0 bridgehead atoms. The number of carbonyl (C=O) groups excluding carboxylic acids is 2. The van der Waals surface area contributed by atoms with Gasteiger partial charge in [0, 0.05) is 18.4 Å². The SMILES string of the molecule is CC(NC(=O)C(C)(C)C)C(=O)N1Cc2ccccc2CC1C(=O)O. The van der Waals surface area contributed by atoms with E-state index in [1.165, 1.54) is 4.90 Å². The number of benzene rings is 1. The van der Waals surface area contributed by atoms with Gasteiger partial charge >= 0.3 is 5.97 Å². The van der Waals surface area contributed by atoms with Crippen LogP contribution in [0.4, 0.5) is 0 Å². The van der Waals surface area contributed by atoms with Crippen LogP contribution in [0.2, 0.25) is 0 Å². The molecule has 6 nitrogen and oxygen atoms in total. The van der Waals surface area contributed by atoms with Crippen LogP contribution in [0.15, 0.2) is 24.3 Å². The molecule has 1 heterocycles. The summed E-state index contributed by atoms with van der Waals surface area (Å²) in [7, 11) is 0. The fourth-order valence-corrected chi connectivity index (χ4v) is 2.70. The maximum atomic E-state index is 12.7. The van der Waals surface area contributed by atoms with Gasteiger partial charge < -0.3 is 15.3 Å². The van der Waals surface area contributed by atoms with Crippen molar-refractivity contribution < 1.29 is 19.5 Å². The third-order valence-corrected chi connectivity index (χ3v) is 4.22. The van der Waals surface area contributed by atoms with E-state index in [1.54, 1.807) is 27.7 Å². The van der Waals surface area contributed by atoms with Crippen LogP contribution in [-0.2, 0) is 27.3 Å². The predicted octanol–water partition coefficient (Wildman–Crippen LogP) is 1.58. The summed E-state index contributed by atoms with van der Waals surface area (Å²) in [5.74, 6) is -1.66. The lowest BCUT2D eigenvalue weighted by Crippen LogP contribution is -2.55. The lowest BCUT2D eigenvalue weighted by Gasteiger charge is -2.36. The number of rotatable bonds is 3. The second-order valence-electron chi connectivity index (χ2n) is 7.24. The van der Waals surface area contributed by atoms with E-state index < -0.39 is 23.5 Å². The van der Waals surface area contributed by atoms with Crippen LogP contribution in [0.5, 0.6) is 0 Å². The first-order chi connectivity index (χ1) is 11.1. The summed E-state index contributed by atoms with van der Waals surface area (Å²) in [4.78, 5) is 37.8. The molecule has 130 valence electrons. The topological polar surface area (TPSA) is 86.7 Å². The molecule has 0 fully saturated rings. The minimum atomic E-state index is -1.03. The van der Waals surface area contributed by atoms with Gasteiger partial charge in [-0.3, -0.25) is 9.59 Å². The van der Waals surface area contributed by atoms with Crippen molar-refractivity contribution in [1.82, 2.24) is 10.2 Å². The molecule has 0 aliphatic carbocycles. The molecular weight excluding hydrogens is 308 g/mol. The normalized spacial score (nSPS) is 18.5. The Labute approximate surface area is 141 Å². The quantitative estimate of drug-likeness (QED) is 0.880. The smallest absolute Gasteiger partial charge is 0.326 e. The standard InChI is InChI=1S/C18H24N2O4/c1-11(19-17(24)18(2,3)4)15(21)20-10-13-8-6-5-7-12(13)9-14(20)16(22)23/h5-8,11,14H,9-10H2,1-4H3,(H,19,24)(H,22,23). The summed E-state index contributed by atoms with van der Waals surface area (Å²) in [6, 6.07) is 5.82. The molecule has 1 aliphatic heterocycles. The van der Waals surface area contributed by atoms with Crippen molar-refractivity contribution in [2.45, 2.75) is 52.7 Å². The minimum absolute atomic E-state index is 0.238. The Kier molecular flexibility index (Phi) is 4.96. The van der Waals surface area contributed by atoms with E-state index in [2.05, 4.69) is 5.32 Å². The Bertz CT molecular complexity index is 663. The molecule has 0 aromatic heterocycles. The molecule has 2 amide bonds. The van der Waals surface area contributed by atoms with Crippen LogP contribution >= 0.6 is 0 Å². The van der Waals surface area contributed by atoms with Gasteiger partial charge in [0.1, 0.15) is 12.1 Å². The molecule has 1 aromatic rings. The van der Waals surface area contributed by atoms with E-state index in [4.69, 9.17) is 0 Å². The van der Waals surface area contributed by atoms with Gasteiger partial charge in [-0.15, -0.1) is 0 Å². The first kappa shape index (κ1) is 18.0. The maximum Gasteiger partial charge on any atom is 0.326 e. The van der Waals surface area contributed by atoms with Crippen molar-refractivity contribution in [3.8, 4) is 0 Å². The second-order valence-corrected chi connectivity index (χ2v) is 7.24. The summed E-state index contributed by atoms with van der Waals surface area (Å²) >= 11 is 0. The maximum absolute atomic E-state index is 12.7. The predicted molar refractivity (Wildman–Crippen MR) is 89.2 cm³/mol. The highest BCUT2D eigenvalue weighted by molar-refractivity contribution is 5.91. The highest BCUT2D eigenvalue weighted by Crippen LogP contribution is 2.24. The monoisotopic (exact) mass is 332 g/mol. The zero-order valence-corrected chi connectivity index (χ0v) is 14.5. The van der Waals surface area contributed by atoms with Crippen LogP contribution in [-0.4, -0.2) is 39.9 Å².